The van der Waals surface area contributed by atoms with Crippen LogP contribution >= 0.6 is 0 Å². The highest BCUT2D eigenvalue weighted by Crippen LogP contribution is 2.18. The van der Waals surface area contributed by atoms with Gasteiger partial charge in [-0.1, -0.05) is 36.4 Å². The molecule has 11 heteroatoms. The molecule has 0 radical (unpaired) electrons. The number of nitrogens with zero attached hydrogens (tertiary/aromatic N) is 2. The molecular weight excluding hydrogens is 508 g/mol. The minimum atomic E-state index is -3.86. The minimum absolute atomic E-state index is 0.0436. The normalized spacial score (nSPS) is 12.0. The van der Waals surface area contributed by atoms with Crippen LogP contribution in [0.3, 0.4) is 0 Å². The highest BCUT2D eigenvalue weighted by molar-refractivity contribution is 7.92. The van der Waals surface area contributed by atoms with Crippen molar-refractivity contribution in [2.45, 2.75) is 24.8 Å². The Morgan fingerprint density at radius 3 is 2.08 bits per heavy atom. The second kappa shape index (κ2) is 10.8. The van der Waals surface area contributed by atoms with E-state index in [0.717, 1.165) is 0 Å². The Balaban J connectivity index is 1.43. The van der Waals surface area contributed by atoms with E-state index in [4.69, 9.17) is 4.74 Å². The van der Waals surface area contributed by atoms with Crippen LogP contribution in [0.1, 0.15) is 23.0 Å². The summed E-state index contributed by atoms with van der Waals surface area (Å²) in [6.45, 7) is 3.07. The molecule has 4 rings (SSSR count). The molecule has 10 nitrogen and oxygen atoms in total. The van der Waals surface area contributed by atoms with Crippen LogP contribution in [-0.2, 0) is 26.6 Å². The zero-order valence-corrected chi connectivity index (χ0v) is 21.7. The molecule has 1 aromatic heterocycles. The number of aromatic nitrogens is 2. The van der Waals surface area contributed by atoms with Gasteiger partial charge in [0.2, 0.25) is 0 Å². The van der Waals surface area contributed by atoms with Crippen molar-refractivity contribution in [2.75, 3.05) is 10.0 Å². The molecule has 0 unspecified atom stereocenters. The number of carbonyl (C=O) groups is 2. The van der Waals surface area contributed by atoms with Crippen LogP contribution in [0.25, 0.3) is 5.69 Å². The van der Waals surface area contributed by atoms with Crippen molar-refractivity contribution in [1.29, 1.82) is 0 Å². The molecule has 38 heavy (non-hydrogen) atoms. The first-order valence-corrected chi connectivity index (χ1v) is 13.1. The van der Waals surface area contributed by atoms with Gasteiger partial charge >= 0.3 is 5.97 Å². The van der Waals surface area contributed by atoms with E-state index in [-0.39, 0.29) is 16.1 Å². The Morgan fingerprint density at radius 1 is 0.895 bits per heavy atom. The molecule has 0 aliphatic heterocycles. The third-order valence-corrected chi connectivity index (χ3v) is 7.28. The summed E-state index contributed by atoms with van der Waals surface area (Å²) in [4.78, 5) is 38.3. The Bertz CT molecular complexity index is 1630. The number of benzene rings is 3. The first kappa shape index (κ1) is 26.4. The molecule has 1 heterocycles. The van der Waals surface area contributed by atoms with Crippen molar-refractivity contribution in [1.82, 2.24) is 9.36 Å². The average molecular weight is 535 g/mol. The average Bonchev–Trinajstić information content (AvgIpc) is 3.12. The molecule has 0 bridgehead atoms. The van der Waals surface area contributed by atoms with Crippen LogP contribution in [0.15, 0.2) is 94.6 Å². The fraction of sp³-hybridized carbons (Fsp3) is 0.148. The van der Waals surface area contributed by atoms with Gasteiger partial charge in [0, 0.05) is 12.7 Å². The van der Waals surface area contributed by atoms with Crippen molar-refractivity contribution in [3.63, 3.8) is 0 Å². The summed E-state index contributed by atoms with van der Waals surface area (Å²) in [7, 11) is -2.16. The van der Waals surface area contributed by atoms with E-state index >= 15 is 0 Å². The van der Waals surface area contributed by atoms with Crippen LogP contribution in [0, 0.1) is 6.92 Å². The number of sulfonamides is 1. The SMILES string of the molecule is Cc1c(NC(=O)[C@@H](C)OC(=O)c2ccc(S(=O)(=O)Nc3ccccc3)cc2)c(=O)n(-c2ccccc2)n1C. The summed E-state index contributed by atoms with van der Waals surface area (Å²) in [5.74, 6) is -1.50. The van der Waals surface area contributed by atoms with Crippen molar-refractivity contribution < 1.29 is 22.7 Å². The summed E-state index contributed by atoms with van der Waals surface area (Å²) < 4.78 is 35.9. The zero-order valence-electron chi connectivity index (χ0n) is 20.9. The molecule has 0 aliphatic rings. The Hall–Kier alpha value is -4.64. The number of ether oxygens (including phenoxy) is 1. The molecule has 3 aromatic carbocycles. The third kappa shape index (κ3) is 5.52. The molecule has 2 N–H and O–H groups in total. The topological polar surface area (TPSA) is 128 Å². The van der Waals surface area contributed by atoms with Crippen LogP contribution in [0.4, 0.5) is 11.4 Å². The Morgan fingerprint density at radius 2 is 1.47 bits per heavy atom. The van der Waals surface area contributed by atoms with Gasteiger partial charge in [0.25, 0.3) is 21.5 Å². The van der Waals surface area contributed by atoms with E-state index in [1.54, 1.807) is 73.3 Å². The molecule has 4 aromatic rings. The van der Waals surface area contributed by atoms with Crippen LogP contribution < -0.4 is 15.6 Å². The van der Waals surface area contributed by atoms with Gasteiger partial charge < -0.3 is 10.1 Å². The fourth-order valence-corrected chi connectivity index (χ4v) is 4.77. The van der Waals surface area contributed by atoms with Gasteiger partial charge in [-0.2, -0.15) is 0 Å². The lowest BCUT2D eigenvalue weighted by molar-refractivity contribution is -0.123. The number of hydrogen-bond acceptors (Lipinski definition) is 6. The maximum atomic E-state index is 13.0. The second-order valence-electron chi connectivity index (χ2n) is 8.47. The number of anilines is 2. The number of hydrogen-bond donors (Lipinski definition) is 2. The van der Waals surface area contributed by atoms with E-state index in [0.29, 0.717) is 17.1 Å². The Labute approximate surface area is 219 Å². The van der Waals surface area contributed by atoms with Crippen LogP contribution in [0.2, 0.25) is 0 Å². The van der Waals surface area contributed by atoms with E-state index in [1.807, 2.05) is 6.07 Å². The molecule has 0 aliphatic carbocycles. The van der Waals surface area contributed by atoms with Gasteiger partial charge in [0.15, 0.2) is 6.10 Å². The smallest absolute Gasteiger partial charge is 0.338 e. The number of nitrogens with one attached hydrogen (secondary N) is 2. The van der Waals surface area contributed by atoms with E-state index in [1.165, 1.54) is 35.9 Å². The standard InChI is InChI=1S/C27H26N4O6S/c1-18-24(26(33)31(30(18)3)22-12-8-5-9-13-22)28-25(32)19(2)37-27(34)20-14-16-23(17-15-20)38(35,36)29-21-10-6-4-7-11-21/h4-17,19,29H,1-3H3,(H,28,32)/t19-/m1/s1. The lowest BCUT2D eigenvalue weighted by Gasteiger charge is -2.13. The molecule has 0 saturated heterocycles. The summed E-state index contributed by atoms with van der Waals surface area (Å²) in [5, 5.41) is 2.56. The fourth-order valence-electron chi connectivity index (χ4n) is 3.71. The maximum absolute atomic E-state index is 13.0. The molecule has 0 spiro atoms. The van der Waals surface area contributed by atoms with Crippen molar-refractivity contribution in [2.24, 2.45) is 7.05 Å². The highest BCUT2D eigenvalue weighted by atomic mass is 32.2. The monoisotopic (exact) mass is 534 g/mol. The largest absolute Gasteiger partial charge is 0.449 e. The quantitative estimate of drug-likeness (QED) is 0.333. The molecular formula is C27H26N4O6S. The molecule has 0 fully saturated rings. The number of carbonyl (C=O) groups excluding carboxylic acids is 2. The van der Waals surface area contributed by atoms with Crippen LogP contribution in [0.5, 0.6) is 0 Å². The lowest BCUT2D eigenvalue weighted by Crippen LogP contribution is -2.32. The summed E-state index contributed by atoms with van der Waals surface area (Å²) in [6.07, 6.45) is -1.23. The predicted molar refractivity (Wildman–Crippen MR) is 143 cm³/mol. The molecule has 0 saturated carbocycles. The number of para-hydroxylation sites is 2. The van der Waals surface area contributed by atoms with Gasteiger partial charge in [0.1, 0.15) is 5.69 Å². The maximum Gasteiger partial charge on any atom is 0.338 e. The molecule has 1 atom stereocenters. The lowest BCUT2D eigenvalue weighted by atomic mass is 10.2. The van der Waals surface area contributed by atoms with E-state index in [9.17, 15) is 22.8 Å². The van der Waals surface area contributed by atoms with Crippen LogP contribution in [-0.4, -0.2) is 35.8 Å². The van der Waals surface area contributed by atoms with Crippen molar-refractivity contribution >= 4 is 33.3 Å². The minimum Gasteiger partial charge on any atom is -0.449 e. The van der Waals surface area contributed by atoms with Gasteiger partial charge in [-0.25, -0.2) is 17.9 Å². The zero-order chi connectivity index (χ0) is 27.4. The van der Waals surface area contributed by atoms with Gasteiger partial charge in [0.05, 0.1) is 21.8 Å². The second-order valence-corrected chi connectivity index (χ2v) is 10.2. The summed E-state index contributed by atoms with van der Waals surface area (Å²) in [6, 6.07) is 22.5. The predicted octanol–water partition coefficient (Wildman–Crippen LogP) is 3.47. The molecule has 196 valence electrons. The van der Waals surface area contributed by atoms with Crippen molar-refractivity contribution in [3.05, 3.63) is 107 Å². The molecule has 1 amide bonds. The highest BCUT2D eigenvalue weighted by Gasteiger charge is 2.24. The third-order valence-electron chi connectivity index (χ3n) is 5.88. The number of amides is 1. The van der Waals surface area contributed by atoms with Crippen molar-refractivity contribution in [3.8, 4) is 5.69 Å². The summed E-state index contributed by atoms with van der Waals surface area (Å²) >= 11 is 0. The van der Waals surface area contributed by atoms with E-state index in [2.05, 4.69) is 10.0 Å². The number of rotatable bonds is 8. The first-order chi connectivity index (χ1) is 18.1. The van der Waals surface area contributed by atoms with E-state index < -0.39 is 33.6 Å². The Kier molecular flexibility index (Phi) is 7.49. The van der Waals surface area contributed by atoms with Gasteiger partial charge in [-0.15, -0.1) is 0 Å². The van der Waals surface area contributed by atoms with Gasteiger partial charge in [-0.05, 0) is 62.4 Å². The summed E-state index contributed by atoms with van der Waals surface area (Å²) in [5.41, 5.74) is 1.26. The van der Waals surface area contributed by atoms with Gasteiger partial charge in [-0.3, -0.25) is 19.0 Å². The first-order valence-electron chi connectivity index (χ1n) is 11.6. The number of esters is 1.